The molecule has 0 saturated heterocycles. The molecule has 0 heterocycles. The summed E-state index contributed by atoms with van der Waals surface area (Å²) in [5.74, 6) is -1.26. The molecular formula is C11H15N3O3. The summed E-state index contributed by atoms with van der Waals surface area (Å²) >= 11 is 0. The van der Waals surface area contributed by atoms with E-state index < -0.39 is 5.97 Å². The molecule has 6 nitrogen and oxygen atoms in total. The number of likely N-dealkylation sites (N-methyl/N-ethyl adjacent to an activating group) is 2. The third kappa shape index (κ3) is 2.87. The summed E-state index contributed by atoms with van der Waals surface area (Å²) in [4.78, 5) is 23.7. The summed E-state index contributed by atoms with van der Waals surface area (Å²) in [5.41, 5.74) is 6.46. The second-order valence-corrected chi connectivity index (χ2v) is 3.57. The molecule has 0 aliphatic carbocycles. The molecule has 0 saturated carbocycles. The number of hydrogen-bond acceptors (Lipinski definition) is 4. The molecule has 0 aromatic heterocycles. The number of nitrogens with one attached hydrogen (secondary N) is 1. The highest BCUT2D eigenvalue weighted by molar-refractivity contribution is 5.97. The van der Waals surface area contributed by atoms with Gasteiger partial charge < -0.3 is 21.1 Å². The number of amides is 1. The Morgan fingerprint density at radius 3 is 2.65 bits per heavy atom. The summed E-state index contributed by atoms with van der Waals surface area (Å²) in [6.07, 6.45) is 0. The molecule has 1 amide bonds. The standard InChI is InChI=1S/C11H15N3O3/c1-13-9(15)6-14(2)8-5-3-4-7(10(8)12)11(16)17/h3-5H,6,12H2,1-2H3,(H,13,15)(H,16,17). The van der Waals surface area contributed by atoms with E-state index in [1.54, 1.807) is 24.1 Å². The van der Waals surface area contributed by atoms with Gasteiger partial charge in [-0.25, -0.2) is 4.79 Å². The number of anilines is 2. The minimum absolute atomic E-state index is 0.0336. The quantitative estimate of drug-likeness (QED) is 0.648. The van der Waals surface area contributed by atoms with Crippen LogP contribution in [0.25, 0.3) is 0 Å². The first-order valence-corrected chi connectivity index (χ1v) is 5.01. The number of nitrogens with zero attached hydrogens (tertiary/aromatic N) is 1. The van der Waals surface area contributed by atoms with Crippen molar-refractivity contribution in [2.75, 3.05) is 31.3 Å². The van der Waals surface area contributed by atoms with Crippen molar-refractivity contribution >= 4 is 23.3 Å². The number of aromatic carboxylic acids is 1. The Kier molecular flexibility index (Phi) is 3.92. The average Bonchev–Trinajstić information content (AvgIpc) is 2.28. The first kappa shape index (κ1) is 12.8. The Morgan fingerprint density at radius 1 is 1.47 bits per heavy atom. The number of hydrogen-bond donors (Lipinski definition) is 3. The fraction of sp³-hybridized carbons (Fsp3) is 0.273. The summed E-state index contributed by atoms with van der Waals surface area (Å²) < 4.78 is 0. The van der Waals surface area contributed by atoms with Gasteiger partial charge in [-0.05, 0) is 12.1 Å². The van der Waals surface area contributed by atoms with Crippen LogP contribution < -0.4 is 16.0 Å². The lowest BCUT2D eigenvalue weighted by Gasteiger charge is -2.20. The predicted octanol–water partition coefficient (Wildman–Crippen LogP) is 0.149. The normalized spacial score (nSPS) is 9.76. The summed E-state index contributed by atoms with van der Waals surface area (Å²) in [6, 6.07) is 4.69. The zero-order chi connectivity index (χ0) is 13.0. The summed E-state index contributed by atoms with van der Waals surface area (Å²) in [7, 11) is 3.21. The number of carbonyl (C=O) groups is 2. The van der Waals surface area contributed by atoms with Gasteiger partial charge in [-0.3, -0.25) is 4.79 Å². The van der Waals surface area contributed by atoms with Crippen LogP contribution in [-0.2, 0) is 4.79 Å². The molecule has 4 N–H and O–H groups in total. The van der Waals surface area contributed by atoms with Crippen molar-refractivity contribution in [2.24, 2.45) is 0 Å². The van der Waals surface area contributed by atoms with Gasteiger partial charge in [0.2, 0.25) is 5.91 Å². The number of benzene rings is 1. The second-order valence-electron chi connectivity index (χ2n) is 3.57. The number of nitrogens with two attached hydrogens (primary N) is 1. The molecule has 0 aliphatic rings. The molecule has 0 unspecified atom stereocenters. The Labute approximate surface area is 99.0 Å². The van der Waals surface area contributed by atoms with Gasteiger partial charge in [0.25, 0.3) is 0 Å². The maximum Gasteiger partial charge on any atom is 0.337 e. The highest BCUT2D eigenvalue weighted by Crippen LogP contribution is 2.25. The lowest BCUT2D eigenvalue weighted by molar-refractivity contribution is -0.119. The number of carbonyl (C=O) groups excluding carboxylic acids is 1. The van der Waals surface area contributed by atoms with Crippen LogP contribution in [0.2, 0.25) is 0 Å². The maximum absolute atomic E-state index is 11.2. The van der Waals surface area contributed by atoms with E-state index in [2.05, 4.69) is 5.32 Å². The first-order valence-electron chi connectivity index (χ1n) is 5.01. The SMILES string of the molecule is CNC(=O)CN(C)c1cccc(C(=O)O)c1N. The van der Waals surface area contributed by atoms with E-state index in [4.69, 9.17) is 10.8 Å². The van der Waals surface area contributed by atoms with Crippen molar-refractivity contribution < 1.29 is 14.7 Å². The van der Waals surface area contributed by atoms with Crippen molar-refractivity contribution in [1.29, 1.82) is 0 Å². The lowest BCUT2D eigenvalue weighted by Crippen LogP contribution is -2.33. The van der Waals surface area contributed by atoms with Crippen molar-refractivity contribution in [3.63, 3.8) is 0 Å². The second kappa shape index (κ2) is 5.20. The highest BCUT2D eigenvalue weighted by atomic mass is 16.4. The fourth-order valence-electron chi connectivity index (χ4n) is 1.45. The molecule has 1 aromatic rings. The van der Waals surface area contributed by atoms with Gasteiger partial charge in [0.1, 0.15) is 0 Å². The molecule has 17 heavy (non-hydrogen) atoms. The average molecular weight is 237 g/mol. The van der Waals surface area contributed by atoms with Gasteiger partial charge in [0.15, 0.2) is 0 Å². The number of nitrogen functional groups attached to an aromatic ring is 1. The van der Waals surface area contributed by atoms with Gasteiger partial charge in [-0.1, -0.05) is 6.07 Å². The summed E-state index contributed by atoms with van der Waals surface area (Å²) in [6.45, 7) is 0.115. The minimum atomic E-state index is -1.09. The van der Waals surface area contributed by atoms with Gasteiger partial charge in [-0.15, -0.1) is 0 Å². The lowest BCUT2D eigenvalue weighted by atomic mass is 10.1. The van der Waals surface area contributed by atoms with Crippen molar-refractivity contribution in [3.8, 4) is 0 Å². The van der Waals surface area contributed by atoms with E-state index in [9.17, 15) is 9.59 Å². The molecule has 1 rings (SSSR count). The van der Waals surface area contributed by atoms with Gasteiger partial charge >= 0.3 is 5.97 Å². The number of rotatable bonds is 4. The zero-order valence-corrected chi connectivity index (χ0v) is 9.73. The van der Waals surface area contributed by atoms with Crippen LogP contribution in [0.1, 0.15) is 10.4 Å². The highest BCUT2D eigenvalue weighted by Gasteiger charge is 2.14. The third-order valence-electron chi connectivity index (χ3n) is 2.38. The monoisotopic (exact) mass is 237 g/mol. The molecule has 0 bridgehead atoms. The Bertz CT molecular complexity index is 446. The molecule has 6 heteroatoms. The Morgan fingerprint density at radius 2 is 2.12 bits per heavy atom. The number of carboxylic acids is 1. The molecule has 92 valence electrons. The Balaban J connectivity index is 3.02. The van der Waals surface area contributed by atoms with Crippen LogP contribution in [0.3, 0.4) is 0 Å². The van der Waals surface area contributed by atoms with Crippen LogP contribution in [-0.4, -0.2) is 37.6 Å². The molecule has 1 aromatic carbocycles. The van der Waals surface area contributed by atoms with Crippen LogP contribution >= 0.6 is 0 Å². The molecular weight excluding hydrogens is 222 g/mol. The predicted molar refractivity (Wildman–Crippen MR) is 65.2 cm³/mol. The van der Waals surface area contributed by atoms with E-state index >= 15 is 0 Å². The first-order chi connectivity index (χ1) is 7.97. The molecule has 0 atom stereocenters. The van der Waals surface area contributed by atoms with Crippen LogP contribution in [0.4, 0.5) is 11.4 Å². The topological polar surface area (TPSA) is 95.7 Å². The smallest absolute Gasteiger partial charge is 0.337 e. The molecule has 0 spiro atoms. The fourth-order valence-corrected chi connectivity index (χ4v) is 1.45. The minimum Gasteiger partial charge on any atom is -0.478 e. The van der Waals surface area contributed by atoms with Crippen molar-refractivity contribution in [2.45, 2.75) is 0 Å². The largest absolute Gasteiger partial charge is 0.478 e. The maximum atomic E-state index is 11.2. The van der Waals surface area contributed by atoms with Gasteiger partial charge in [0.05, 0.1) is 23.5 Å². The molecule has 0 radical (unpaired) electrons. The Hall–Kier alpha value is -2.24. The van der Waals surface area contributed by atoms with Crippen LogP contribution in [0.5, 0.6) is 0 Å². The van der Waals surface area contributed by atoms with E-state index in [-0.39, 0.29) is 23.7 Å². The molecule has 0 fully saturated rings. The van der Waals surface area contributed by atoms with E-state index in [1.807, 2.05) is 0 Å². The van der Waals surface area contributed by atoms with Crippen molar-refractivity contribution in [1.82, 2.24) is 5.32 Å². The van der Waals surface area contributed by atoms with Gasteiger partial charge in [0, 0.05) is 14.1 Å². The third-order valence-corrected chi connectivity index (χ3v) is 2.38. The van der Waals surface area contributed by atoms with Crippen LogP contribution in [0, 0.1) is 0 Å². The van der Waals surface area contributed by atoms with E-state index in [0.29, 0.717) is 5.69 Å². The number of para-hydroxylation sites is 1. The summed E-state index contributed by atoms with van der Waals surface area (Å²) in [5, 5.41) is 11.4. The number of carboxylic acid groups (broad SMARTS) is 1. The van der Waals surface area contributed by atoms with E-state index in [1.165, 1.54) is 13.1 Å². The van der Waals surface area contributed by atoms with Crippen molar-refractivity contribution in [3.05, 3.63) is 23.8 Å². The van der Waals surface area contributed by atoms with Crippen LogP contribution in [0.15, 0.2) is 18.2 Å². The van der Waals surface area contributed by atoms with E-state index in [0.717, 1.165) is 0 Å². The van der Waals surface area contributed by atoms with Gasteiger partial charge in [-0.2, -0.15) is 0 Å². The zero-order valence-electron chi connectivity index (χ0n) is 9.73. The molecule has 0 aliphatic heterocycles.